The van der Waals surface area contributed by atoms with E-state index in [0.29, 0.717) is 29.0 Å². The molecular weight excluding hydrogens is 411 g/mol. The predicted octanol–water partition coefficient (Wildman–Crippen LogP) is 3.40. The largest absolute Gasteiger partial charge is 0.389 e. The summed E-state index contributed by atoms with van der Waals surface area (Å²) in [6.07, 6.45) is 0.804. The van der Waals surface area contributed by atoms with Crippen LogP contribution in [-0.2, 0) is 13.1 Å². The monoisotopic (exact) mass is 434 g/mol. The number of aliphatic hydroxyl groups excluding tert-OH is 1. The van der Waals surface area contributed by atoms with Gasteiger partial charge in [0.05, 0.1) is 6.10 Å². The molecule has 164 valence electrons. The number of carbonyl (C=O) groups excluding carboxylic acids is 1. The van der Waals surface area contributed by atoms with Gasteiger partial charge in [0.2, 0.25) is 0 Å². The number of amides is 1. The number of aromatic nitrogens is 4. The van der Waals surface area contributed by atoms with E-state index in [1.807, 2.05) is 24.3 Å². The Morgan fingerprint density at radius 1 is 1.12 bits per heavy atom. The lowest BCUT2D eigenvalue weighted by molar-refractivity contribution is 0.0947. The van der Waals surface area contributed by atoms with E-state index in [-0.39, 0.29) is 24.0 Å². The molecule has 0 aliphatic rings. The SMILES string of the molecule is Cc1cc(CNC(=O)c2ncnc3c(NCc4ccc(C(C)O)cc4)n[nH]c23)ccc1F. The third-order valence-electron chi connectivity index (χ3n) is 5.16. The van der Waals surface area contributed by atoms with Crippen molar-refractivity contribution in [1.29, 1.82) is 0 Å². The lowest BCUT2D eigenvalue weighted by Crippen LogP contribution is -2.24. The van der Waals surface area contributed by atoms with Gasteiger partial charge < -0.3 is 15.7 Å². The number of rotatable bonds is 7. The molecule has 2 aromatic carbocycles. The molecule has 0 aliphatic carbocycles. The molecule has 0 radical (unpaired) electrons. The van der Waals surface area contributed by atoms with Gasteiger partial charge in [-0.25, -0.2) is 14.4 Å². The molecular formula is C23H23FN6O2. The highest BCUT2D eigenvalue weighted by Crippen LogP contribution is 2.21. The quantitative estimate of drug-likeness (QED) is 0.354. The number of hydrogen-bond donors (Lipinski definition) is 4. The number of fused-ring (bicyclic) bond motifs is 1. The highest BCUT2D eigenvalue weighted by atomic mass is 19.1. The van der Waals surface area contributed by atoms with Gasteiger partial charge in [0.15, 0.2) is 11.5 Å². The number of aromatic amines is 1. The van der Waals surface area contributed by atoms with Gasteiger partial charge in [0, 0.05) is 13.1 Å². The summed E-state index contributed by atoms with van der Waals surface area (Å²) in [4.78, 5) is 21.0. The standard InChI is InChI=1S/C23H23FN6O2/c1-13-9-16(5-8-18(13)24)11-26-23(32)21-19-20(27-12-28-21)22(30-29-19)25-10-15-3-6-17(7-4-15)14(2)31/h3-9,12,14,31H,10-11H2,1-2H3,(H,26,32)(H2,25,29,30). The van der Waals surface area contributed by atoms with Crippen LogP contribution in [0.2, 0.25) is 0 Å². The van der Waals surface area contributed by atoms with Crippen LogP contribution in [0.5, 0.6) is 0 Å². The molecule has 4 aromatic rings. The Balaban J connectivity index is 1.46. The smallest absolute Gasteiger partial charge is 0.272 e. The number of nitrogens with zero attached hydrogens (tertiary/aromatic N) is 3. The first-order chi connectivity index (χ1) is 15.4. The van der Waals surface area contributed by atoms with E-state index in [1.54, 1.807) is 26.0 Å². The minimum absolute atomic E-state index is 0.177. The van der Waals surface area contributed by atoms with E-state index in [1.165, 1.54) is 12.4 Å². The molecule has 0 saturated carbocycles. The summed E-state index contributed by atoms with van der Waals surface area (Å²) in [7, 11) is 0. The zero-order valence-electron chi connectivity index (χ0n) is 17.7. The third-order valence-corrected chi connectivity index (χ3v) is 5.16. The maximum atomic E-state index is 13.4. The first kappa shape index (κ1) is 21.4. The van der Waals surface area contributed by atoms with Crippen LogP contribution >= 0.6 is 0 Å². The molecule has 4 N–H and O–H groups in total. The van der Waals surface area contributed by atoms with Crippen LogP contribution in [-0.4, -0.2) is 31.2 Å². The van der Waals surface area contributed by atoms with Crippen LogP contribution in [0.25, 0.3) is 11.0 Å². The Labute approximate surface area is 183 Å². The highest BCUT2D eigenvalue weighted by molar-refractivity contribution is 6.04. The van der Waals surface area contributed by atoms with Crippen molar-refractivity contribution in [2.75, 3.05) is 5.32 Å². The van der Waals surface area contributed by atoms with Crippen molar-refractivity contribution in [2.45, 2.75) is 33.0 Å². The lowest BCUT2D eigenvalue weighted by atomic mass is 10.1. The topological polar surface area (TPSA) is 116 Å². The molecule has 9 heteroatoms. The number of carbonyl (C=O) groups is 1. The number of H-pyrrole nitrogens is 1. The van der Waals surface area contributed by atoms with E-state index in [4.69, 9.17) is 0 Å². The minimum Gasteiger partial charge on any atom is -0.389 e. The molecule has 0 saturated heterocycles. The Hall–Kier alpha value is -3.85. The van der Waals surface area contributed by atoms with Crippen LogP contribution < -0.4 is 10.6 Å². The van der Waals surface area contributed by atoms with Crippen LogP contribution in [0.15, 0.2) is 48.8 Å². The zero-order valence-corrected chi connectivity index (χ0v) is 17.7. The lowest BCUT2D eigenvalue weighted by Gasteiger charge is -2.08. The molecule has 0 fully saturated rings. The summed E-state index contributed by atoms with van der Waals surface area (Å²) in [6, 6.07) is 12.3. The van der Waals surface area contributed by atoms with E-state index in [9.17, 15) is 14.3 Å². The minimum atomic E-state index is -0.513. The Morgan fingerprint density at radius 2 is 1.88 bits per heavy atom. The van der Waals surface area contributed by atoms with Gasteiger partial charge in [-0.2, -0.15) is 5.10 Å². The number of aliphatic hydroxyl groups is 1. The van der Waals surface area contributed by atoms with Crippen molar-refractivity contribution in [3.63, 3.8) is 0 Å². The summed E-state index contributed by atoms with van der Waals surface area (Å²) in [5.74, 6) is -0.164. The number of benzene rings is 2. The molecule has 1 amide bonds. The second kappa shape index (κ2) is 9.11. The Bertz CT molecular complexity index is 1250. The first-order valence-corrected chi connectivity index (χ1v) is 10.2. The van der Waals surface area contributed by atoms with Crippen LogP contribution in [0.4, 0.5) is 10.2 Å². The van der Waals surface area contributed by atoms with Gasteiger partial charge in [0.25, 0.3) is 5.91 Å². The summed E-state index contributed by atoms with van der Waals surface area (Å²) in [6.45, 7) is 4.13. The van der Waals surface area contributed by atoms with Crippen molar-refractivity contribution in [1.82, 2.24) is 25.5 Å². The van der Waals surface area contributed by atoms with Crippen molar-refractivity contribution >= 4 is 22.8 Å². The molecule has 0 aliphatic heterocycles. The van der Waals surface area contributed by atoms with Gasteiger partial charge >= 0.3 is 0 Å². The number of nitrogens with one attached hydrogen (secondary N) is 3. The van der Waals surface area contributed by atoms with Crippen molar-refractivity contribution in [2.24, 2.45) is 0 Å². The molecule has 2 heterocycles. The molecule has 32 heavy (non-hydrogen) atoms. The molecule has 1 atom stereocenters. The summed E-state index contributed by atoms with van der Waals surface area (Å²) in [5.41, 5.74) is 4.26. The zero-order chi connectivity index (χ0) is 22.7. The summed E-state index contributed by atoms with van der Waals surface area (Å²) < 4.78 is 13.4. The second-order valence-electron chi connectivity index (χ2n) is 7.56. The summed E-state index contributed by atoms with van der Waals surface area (Å²) >= 11 is 0. The van der Waals surface area contributed by atoms with Gasteiger partial charge in [-0.1, -0.05) is 36.4 Å². The highest BCUT2D eigenvalue weighted by Gasteiger charge is 2.17. The third kappa shape index (κ3) is 4.57. The second-order valence-corrected chi connectivity index (χ2v) is 7.56. The molecule has 0 spiro atoms. The van der Waals surface area contributed by atoms with E-state index < -0.39 is 6.10 Å². The van der Waals surface area contributed by atoms with Gasteiger partial charge in [-0.05, 0) is 42.2 Å². The molecule has 0 bridgehead atoms. The molecule has 2 aromatic heterocycles. The normalized spacial score (nSPS) is 12.0. The number of aryl methyl sites for hydroxylation is 1. The molecule has 1 unspecified atom stereocenters. The fraction of sp³-hybridized carbons (Fsp3) is 0.217. The van der Waals surface area contributed by atoms with Gasteiger partial charge in [0.1, 0.15) is 23.2 Å². The van der Waals surface area contributed by atoms with Crippen molar-refractivity contribution in [3.8, 4) is 0 Å². The van der Waals surface area contributed by atoms with E-state index >= 15 is 0 Å². The van der Waals surface area contributed by atoms with Gasteiger partial charge in [-0.15, -0.1) is 0 Å². The van der Waals surface area contributed by atoms with E-state index in [0.717, 1.165) is 16.7 Å². The fourth-order valence-corrected chi connectivity index (χ4v) is 3.31. The Kier molecular flexibility index (Phi) is 6.09. The average molecular weight is 434 g/mol. The van der Waals surface area contributed by atoms with E-state index in [2.05, 4.69) is 30.8 Å². The van der Waals surface area contributed by atoms with Crippen LogP contribution in [0.1, 0.15) is 45.8 Å². The summed E-state index contributed by atoms with van der Waals surface area (Å²) in [5, 5.41) is 22.7. The van der Waals surface area contributed by atoms with Crippen molar-refractivity contribution < 1.29 is 14.3 Å². The maximum absolute atomic E-state index is 13.4. The number of anilines is 1. The fourth-order valence-electron chi connectivity index (χ4n) is 3.31. The maximum Gasteiger partial charge on any atom is 0.272 e. The predicted molar refractivity (Wildman–Crippen MR) is 118 cm³/mol. The molecule has 8 nitrogen and oxygen atoms in total. The number of halogens is 1. The first-order valence-electron chi connectivity index (χ1n) is 10.2. The van der Waals surface area contributed by atoms with Crippen LogP contribution in [0.3, 0.4) is 0 Å². The number of hydrogen-bond acceptors (Lipinski definition) is 6. The van der Waals surface area contributed by atoms with Crippen LogP contribution in [0, 0.1) is 12.7 Å². The van der Waals surface area contributed by atoms with Crippen molar-refractivity contribution in [3.05, 3.63) is 82.6 Å². The average Bonchev–Trinajstić information content (AvgIpc) is 3.21. The van der Waals surface area contributed by atoms with Gasteiger partial charge in [-0.3, -0.25) is 9.89 Å². The Morgan fingerprint density at radius 3 is 2.59 bits per heavy atom. The molecule has 4 rings (SSSR count).